The third kappa shape index (κ3) is 0.993. The molecule has 0 saturated heterocycles. The van der Waals surface area contributed by atoms with E-state index in [-0.39, 0.29) is 0 Å². The summed E-state index contributed by atoms with van der Waals surface area (Å²) in [6, 6.07) is 0. The summed E-state index contributed by atoms with van der Waals surface area (Å²) in [5.74, 6) is 0.971. The summed E-state index contributed by atoms with van der Waals surface area (Å²) in [6.07, 6.45) is 1.41. The molecule has 0 nitrogen and oxygen atoms in total. The van der Waals surface area contributed by atoms with Crippen molar-refractivity contribution in [2.45, 2.75) is 14.8 Å². The van der Waals surface area contributed by atoms with Crippen molar-refractivity contribution in [1.82, 2.24) is 0 Å². The van der Waals surface area contributed by atoms with Gasteiger partial charge in [-0.05, 0) is 12.3 Å². The average Bonchev–Trinajstić information content (AvgIpc) is 1.73. The molecule has 0 N–H and O–H groups in total. The second-order valence-electron chi connectivity index (χ2n) is 1.87. The van der Waals surface area contributed by atoms with Gasteiger partial charge in [0.2, 0.25) is 0 Å². The molecule has 6 heavy (non-hydrogen) atoms. The summed E-state index contributed by atoms with van der Waals surface area (Å²) in [5, 5.41) is 0. The van der Waals surface area contributed by atoms with Crippen molar-refractivity contribution >= 4 is 45.2 Å². The number of hydrogen-bond donors (Lipinski definition) is 0. The molecule has 2 heteroatoms. The zero-order valence-corrected chi connectivity index (χ0v) is 7.86. The van der Waals surface area contributed by atoms with E-state index in [4.69, 9.17) is 0 Å². The Kier molecular flexibility index (Phi) is 1.37. The molecule has 1 unspecified atom stereocenters. The molecule has 0 aliphatic heterocycles. The zero-order chi connectivity index (χ0) is 4.78. The Morgan fingerprint density at radius 2 is 1.83 bits per heavy atom. The number of rotatable bonds is 0. The Bertz CT molecular complexity index is 67.9. The van der Waals surface area contributed by atoms with Gasteiger partial charge < -0.3 is 0 Å². The predicted octanol–water partition coefficient (Wildman–Crippen LogP) is 2.59. The maximum Gasteiger partial charge on any atom is 0.0764 e. The molecule has 0 aromatic rings. The van der Waals surface area contributed by atoms with E-state index >= 15 is 0 Å². The maximum absolute atomic E-state index is 2.50. The first-order valence-electron chi connectivity index (χ1n) is 2.01. The highest BCUT2D eigenvalue weighted by molar-refractivity contribution is 14.2. The van der Waals surface area contributed by atoms with Gasteiger partial charge >= 0.3 is 0 Å². The smallest absolute Gasteiger partial charge is 0.0669 e. The average molecular weight is 308 g/mol. The SMILES string of the molecule is CC1CC1(I)I. The van der Waals surface area contributed by atoms with Gasteiger partial charge in [-0.25, -0.2) is 0 Å². The van der Waals surface area contributed by atoms with Crippen molar-refractivity contribution in [3.8, 4) is 0 Å². The molecule has 0 radical (unpaired) electrons. The third-order valence-electron chi connectivity index (χ3n) is 1.14. The largest absolute Gasteiger partial charge is 0.0764 e. The lowest BCUT2D eigenvalue weighted by atomic mass is 10.5. The molecule has 0 amide bonds. The van der Waals surface area contributed by atoms with E-state index in [0.29, 0.717) is 1.43 Å². The van der Waals surface area contributed by atoms with E-state index in [0.717, 1.165) is 5.92 Å². The molecule has 0 heterocycles. The summed E-state index contributed by atoms with van der Waals surface area (Å²) in [6.45, 7) is 2.29. The first-order valence-corrected chi connectivity index (χ1v) is 4.16. The highest BCUT2D eigenvalue weighted by Crippen LogP contribution is 2.56. The highest BCUT2D eigenvalue weighted by Gasteiger charge is 2.45. The zero-order valence-electron chi connectivity index (χ0n) is 3.54. The molecular weight excluding hydrogens is 302 g/mol. The maximum atomic E-state index is 2.50. The molecule has 1 aliphatic rings. The number of hydrogen-bond acceptors (Lipinski definition) is 0. The summed E-state index contributed by atoms with van der Waals surface area (Å²) in [4.78, 5) is 0. The molecule has 1 fully saturated rings. The molecule has 1 saturated carbocycles. The van der Waals surface area contributed by atoms with Crippen LogP contribution in [0.25, 0.3) is 0 Å². The highest BCUT2D eigenvalue weighted by atomic mass is 127. The van der Waals surface area contributed by atoms with Crippen molar-refractivity contribution in [3.05, 3.63) is 0 Å². The lowest BCUT2D eigenvalue weighted by Gasteiger charge is -1.86. The molecule has 36 valence electrons. The van der Waals surface area contributed by atoms with Crippen LogP contribution < -0.4 is 0 Å². The minimum atomic E-state index is 0.648. The Hall–Kier alpha value is 1.46. The van der Waals surface area contributed by atoms with Crippen LogP contribution in [0.1, 0.15) is 13.3 Å². The van der Waals surface area contributed by atoms with Gasteiger partial charge in [0.1, 0.15) is 0 Å². The quantitative estimate of drug-likeness (QED) is 0.477. The Morgan fingerprint density at radius 1 is 1.67 bits per heavy atom. The molecular formula is C4H6I2. The van der Waals surface area contributed by atoms with Crippen LogP contribution in [0.3, 0.4) is 0 Å². The summed E-state index contributed by atoms with van der Waals surface area (Å²) < 4.78 is 0.648. The van der Waals surface area contributed by atoms with Gasteiger partial charge in [0, 0.05) is 0 Å². The second-order valence-corrected chi connectivity index (χ2v) is 7.78. The Balaban J connectivity index is 2.41. The van der Waals surface area contributed by atoms with E-state index in [1.807, 2.05) is 0 Å². The molecule has 1 aliphatic carbocycles. The van der Waals surface area contributed by atoms with Gasteiger partial charge in [0.25, 0.3) is 0 Å². The van der Waals surface area contributed by atoms with E-state index in [2.05, 4.69) is 52.1 Å². The van der Waals surface area contributed by atoms with Crippen LogP contribution in [0.15, 0.2) is 0 Å². The Morgan fingerprint density at radius 3 is 1.83 bits per heavy atom. The van der Waals surface area contributed by atoms with Gasteiger partial charge in [0.05, 0.1) is 1.43 Å². The third-order valence-corrected chi connectivity index (χ3v) is 4.15. The van der Waals surface area contributed by atoms with Crippen molar-refractivity contribution in [1.29, 1.82) is 0 Å². The van der Waals surface area contributed by atoms with Crippen LogP contribution >= 0.6 is 45.2 Å². The van der Waals surface area contributed by atoms with Crippen LogP contribution in [-0.2, 0) is 0 Å². The van der Waals surface area contributed by atoms with Crippen LogP contribution in [0.5, 0.6) is 0 Å². The topological polar surface area (TPSA) is 0 Å². The second kappa shape index (κ2) is 1.47. The van der Waals surface area contributed by atoms with Gasteiger partial charge in [-0.2, -0.15) is 0 Å². The fourth-order valence-corrected chi connectivity index (χ4v) is 1.67. The van der Waals surface area contributed by atoms with E-state index in [9.17, 15) is 0 Å². The number of alkyl halides is 2. The van der Waals surface area contributed by atoms with E-state index < -0.39 is 0 Å². The lowest BCUT2D eigenvalue weighted by molar-refractivity contribution is 0.989. The fourth-order valence-electron chi connectivity index (χ4n) is 0.349. The molecule has 0 aromatic heterocycles. The normalized spacial score (nSPS) is 39.5. The van der Waals surface area contributed by atoms with E-state index in [1.165, 1.54) is 6.42 Å². The summed E-state index contributed by atoms with van der Waals surface area (Å²) >= 11 is 5.00. The molecule has 0 spiro atoms. The van der Waals surface area contributed by atoms with Crippen LogP contribution in [0.2, 0.25) is 0 Å². The molecule has 0 aromatic carbocycles. The predicted molar refractivity (Wildman–Crippen MR) is 44.6 cm³/mol. The van der Waals surface area contributed by atoms with Crippen molar-refractivity contribution < 1.29 is 0 Å². The van der Waals surface area contributed by atoms with Gasteiger partial charge in [-0.15, -0.1) is 0 Å². The Labute approximate surface area is 65.4 Å². The minimum absolute atomic E-state index is 0.648. The first kappa shape index (κ1) is 5.59. The van der Waals surface area contributed by atoms with Gasteiger partial charge in [-0.1, -0.05) is 52.1 Å². The molecule has 0 bridgehead atoms. The number of halogens is 2. The molecule has 1 rings (SSSR count). The summed E-state index contributed by atoms with van der Waals surface area (Å²) in [5.41, 5.74) is 0. The van der Waals surface area contributed by atoms with Crippen LogP contribution in [0, 0.1) is 5.92 Å². The van der Waals surface area contributed by atoms with Crippen molar-refractivity contribution in [3.63, 3.8) is 0 Å². The fraction of sp³-hybridized carbons (Fsp3) is 1.00. The monoisotopic (exact) mass is 308 g/mol. The summed E-state index contributed by atoms with van der Waals surface area (Å²) in [7, 11) is 0. The van der Waals surface area contributed by atoms with Crippen molar-refractivity contribution in [2.75, 3.05) is 0 Å². The van der Waals surface area contributed by atoms with Crippen LogP contribution in [0.4, 0.5) is 0 Å². The van der Waals surface area contributed by atoms with Crippen molar-refractivity contribution in [2.24, 2.45) is 5.92 Å². The molecule has 1 atom stereocenters. The first-order chi connectivity index (χ1) is 2.63. The lowest BCUT2D eigenvalue weighted by Crippen LogP contribution is -1.78. The van der Waals surface area contributed by atoms with Crippen LogP contribution in [-0.4, -0.2) is 1.43 Å². The standard InChI is InChI=1S/C4H6I2/c1-3-2-4(3,5)6/h3H,2H2,1H3. The van der Waals surface area contributed by atoms with E-state index in [1.54, 1.807) is 0 Å². The minimum Gasteiger partial charge on any atom is -0.0669 e. The van der Waals surface area contributed by atoms with Gasteiger partial charge in [-0.3, -0.25) is 0 Å². The van der Waals surface area contributed by atoms with Gasteiger partial charge in [0.15, 0.2) is 0 Å².